The Labute approximate surface area is 160 Å². The van der Waals surface area contributed by atoms with Gasteiger partial charge in [-0.05, 0) is 39.7 Å². The lowest BCUT2D eigenvalue weighted by Crippen LogP contribution is -2.31. The van der Waals surface area contributed by atoms with Crippen LogP contribution in [-0.2, 0) is 21.4 Å². The van der Waals surface area contributed by atoms with Gasteiger partial charge in [-0.15, -0.1) is 0 Å². The molecule has 1 aromatic heterocycles. The molecule has 0 saturated carbocycles. The quantitative estimate of drug-likeness (QED) is 0.567. The number of nitrogens with one attached hydrogen (secondary N) is 2. The van der Waals surface area contributed by atoms with Crippen LogP contribution in [0, 0.1) is 0 Å². The summed E-state index contributed by atoms with van der Waals surface area (Å²) >= 11 is 3.15. The van der Waals surface area contributed by atoms with Gasteiger partial charge in [-0.2, -0.15) is 0 Å². The summed E-state index contributed by atoms with van der Waals surface area (Å²) in [7, 11) is -2.28. The highest BCUT2D eigenvalue weighted by Gasteiger charge is 2.18. The lowest BCUT2D eigenvalue weighted by molar-refractivity contribution is -0.121. The highest BCUT2D eigenvalue weighted by atomic mass is 79.9. The van der Waals surface area contributed by atoms with E-state index in [1.54, 1.807) is 7.11 Å². The third-order valence-electron chi connectivity index (χ3n) is 3.41. The van der Waals surface area contributed by atoms with E-state index >= 15 is 0 Å². The Kier molecular flexibility index (Phi) is 6.95. The molecule has 0 atom stereocenters. The molecule has 2 aromatic rings. The number of halogens is 1. The van der Waals surface area contributed by atoms with Gasteiger partial charge >= 0.3 is 0 Å². The van der Waals surface area contributed by atoms with Gasteiger partial charge in [0, 0.05) is 30.2 Å². The average Bonchev–Trinajstić information content (AvgIpc) is 2.62. The molecule has 1 amide bonds. The van der Waals surface area contributed by atoms with E-state index in [1.165, 1.54) is 12.3 Å². The Balaban J connectivity index is 1.84. The number of anilines is 1. The van der Waals surface area contributed by atoms with Crippen molar-refractivity contribution in [1.82, 2.24) is 15.0 Å². The molecule has 0 aliphatic rings. The van der Waals surface area contributed by atoms with E-state index in [0.29, 0.717) is 16.8 Å². The largest absolute Gasteiger partial charge is 0.497 e. The summed E-state index contributed by atoms with van der Waals surface area (Å²) in [6.45, 7) is 0.267. The Morgan fingerprint density at radius 3 is 2.85 bits per heavy atom. The molecule has 0 aliphatic heterocycles. The number of amides is 1. The van der Waals surface area contributed by atoms with Gasteiger partial charge in [-0.25, -0.2) is 18.1 Å². The molecule has 0 saturated heterocycles. The van der Waals surface area contributed by atoms with Gasteiger partial charge in [0.15, 0.2) is 0 Å². The molecule has 4 N–H and O–H groups in total. The maximum absolute atomic E-state index is 12.2. The number of nitrogens with zero attached hydrogens (tertiary/aromatic N) is 1. The summed E-state index contributed by atoms with van der Waals surface area (Å²) < 4.78 is 32.4. The highest BCUT2D eigenvalue weighted by molar-refractivity contribution is 9.10. The number of nitrogens with two attached hydrogens (primary N) is 1. The Morgan fingerprint density at radius 1 is 1.35 bits per heavy atom. The number of hydrogen-bond acceptors (Lipinski definition) is 6. The summed E-state index contributed by atoms with van der Waals surface area (Å²) in [6.07, 6.45) is 1.39. The molecule has 0 fully saturated rings. The number of nitrogen functional groups attached to an aromatic ring is 1. The van der Waals surface area contributed by atoms with Crippen LogP contribution in [-0.4, -0.2) is 33.0 Å². The first kappa shape index (κ1) is 20.1. The molecule has 10 heteroatoms. The SMILES string of the molecule is COc1cccc(CNC(=O)CCNS(=O)(=O)c2cc(Br)cnc2N)c1. The number of aromatic nitrogens is 1. The fourth-order valence-electron chi connectivity index (χ4n) is 2.09. The van der Waals surface area contributed by atoms with Gasteiger partial charge in [-0.1, -0.05) is 12.1 Å². The number of carbonyl (C=O) groups excluding carboxylic acids is 1. The molecule has 2 rings (SSSR count). The average molecular weight is 443 g/mol. The lowest BCUT2D eigenvalue weighted by atomic mass is 10.2. The fraction of sp³-hybridized carbons (Fsp3) is 0.250. The zero-order valence-electron chi connectivity index (χ0n) is 14.0. The molecule has 140 valence electrons. The van der Waals surface area contributed by atoms with Crippen molar-refractivity contribution in [3.63, 3.8) is 0 Å². The summed E-state index contributed by atoms with van der Waals surface area (Å²) in [5.41, 5.74) is 6.48. The van der Waals surface area contributed by atoms with E-state index in [9.17, 15) is 13.2 Å². The zero-order valence-corrected chi connectivity index (χ0v) is 16.4. The van der Waals surface area contributed by atoms with Gasteiger partial charge in [-0.3, -0.25) is 4.79 Å². The minimum Gasteiger partial charge on any atom is -0.497 e. The molecule has 8 nitrogen and oxygen atoms in total. The number of methoxy groups -OCH3 is 1. The molecular formula is C16H19BrN4O4S. The molecule has 0 unspecified atom stereocenters. The minimum absolute atomic E-state index is 0.00939. The molecule has 0 spiro atoms. The van der Waals surface area contributed by atoms with E-state index < -0.39 is 10.0 Å². The molecule has 26 heavy (non-hydrogen) atoms. The standard InChI is InChI=1S/C16H19BrN4O4S/c1-25-13-4-2-3-11(7-13)9-19-15(22)5-6-21-26(23,24)14-8-12(17)10-20-16(14)18/h2-4,7-8,10,21H,5-6,9H2,1H3,(H2,18,20)(H,19,22). The lowest BCUT2D eigenvalue weighted by Gasteiger charge is -2.09. The van der Waals surface area contributed by atoms with Crippen molar-refractivity contribution in [2.45, 2.75) is 17.9 Å². The van der Waals surface area contributed by atoms with Crippen molar-refractivity contribution in [3.8, 4) is 5.75 Å². The van der Waals surface area contributed by atoms with Crippen LogP contribution in [0.1, 0.15) is 12.0 Å². The Hall–Kier alpha value is -2.17. The van der Waals surface area contributed by atoms with E-state index in [4.69, 9.17) is 10.5 Å². The van der Waals surface area contributed by atoms with Crippen LogP contribution in [0.5, 0.6) is 5.75 Å². The second-order valence-corrected chi connectivity index (χ2v) is 7.96. The summed E-state index contributed by atoms with van der Waals surface area (Å²) in [5, 5.41) is 2.72. The first-order valence-electron chi connectivity index (χ1n) is 7.62. The summed E-state index contributed by atoms with van der Waals surface area (Å²) in [5.74, 6) is 0.309. The number of hydrogen-bond donors (Lipinski definition) is 3. The Morgan fingerprint density at radius 2 is 2.12 bits per heavy atom. The second-order valence-electron chi connectivity index (χ2n) is 5.31. The van der Waals surface area contributed by atoms with Crippen LogP contribution in [0.25, 0.3) is 0 Å². The van der Waals surface area contributed by atoms with Gasteiger partial charge in [0.25, 0.3) is 0 Å². The fourth-order valence-corrected chi connectivity index (χ4v) is 3.71. The van der Waals surface area contributed by atoms with Gasteiger partial charge in [0.05, 0.1) is 7.11 Å². The maximum atomic E-state index is 12.2. The van der Waals surface area contributed by atoms with Crippen molar-refractivity contribution >= 4 is 37.7 Å². The first-order chi connectivity index (χ1) is 12.3. The molecule has 1 aromatic carbocycles. The second kappa shape index (κ2) is 8.97. The van der Waals surface area contributed by atoms with Crippen molar-refractivity contribution in [3.05, 3.63) is 46.6 Å². The smallest absolute Gasteiger partial charge is 0.244 e. The molecule has 1 heterocycles. The van der Waals surface area contributed by atoms with Crippen LogP contribution in [0.4, 0.5) is 5.82 Å². The van der Waals surface area contributed by atoms with Crippen LogP contribution >= 0.6 is 15.9 Å². The normalized spacial score (nSPS) is 11.2. The molecule has 0 bridgehead atoms. The Bertz CT molecular complexity index is 890. The van der Waals surface area contributed by atoms with E-state index in [0.717, 1.165) is 5.56 Å². The predicted molar refractivity (Wildman–Crippen MR) is 101 cm³/mol. The van der Waals surface area contributed by atoms with Gasteiger partial charge in [0.2, 0.25) is 15.9 Å². The van der Waals surface area contributed by atoms with E-state index in [-0.39, 0.29) is 29.6 Å². The maximum Gasteiger partial charge on any atom is 0.244 e. The first-order valence-corrected chi connectivity index (χ1v) is 9.90. The van der Waals surface area contributed by atoms with Gasteiger partial charge < -0.3 is 15.8 Å². The van der Waals surface area contributed by atoms with Crippen LogP contribution in [0.2, 0.25) is 0 Å². The third kappa shape index (κ3) is 5.68. The number of benzene rings is 1. The monoisotopic (exact) mass is 442 g/mol. The zero-order chi connectivity index (χ0) is 19.2. The van der Waals surface area contributed by atoms with Crippen LogP contribution in [0.3, 0.4) is 0 Å². The van der Waals surface area contributed by atoms with Crippen molar-refractivity contribution in [2.24, 2.45) is 0 Å². The van der Waals surface area contributed by atoms with E-state index in [2.05, 4.69) is 31.0 Å². The molecule has 0 aliphatic carbocycles. The number of sulfonamides is 1. The van der Waals surface area contributed by atoms with E-state index in [1.807, 2.05) is 24.3 Å². The highest BCUT2D eigenvalue weighted by Crippen LogP contribution is 2.20. The predicted octanol–water partition coefficient (Wildman–Crippen LogP) is 1.42. The summed E-state index contributed by atoms with van der Waals surface area (Å²) in [4.78, 5) is 15.5. The number of ether oxygens (including phenoxy) is 1. The third-order valence-corrected chi connectivity index (χ3v) is 5.33. The number of pyridine rings is 1. The topological polar surface area (TPSA) is 123 Å². The van der Waals surface area contributed by atoms with Crippen molar-refractivity contribution in [1.29, 1.82) is 0 Å². The van der Waals surface area contributed by atoms with Crippen molar-refractivity contribution < 1.29 is 17.9 Å². The molecular weight excluding hydrogens is 424 g/mol. The van der Waals surface area contributed by atoms with Crippen LogP contribution in [0.15, 0.2) is 45.9 Å². The van der Waals surface area contributed by atoms with Gasteiger partial charge in [0.1, 0.15) is 16.5 Å². The number of rotatable bonds is 8. The van der Waals surface area contributed by atoms with Crippen molar-refractivity contribution in [2.75, 3.05) is 19.4 Å². The minimum atomic E-state index is -3.85. The van der Waals surface area contributed by atoms with Crippen LogP contribution < -0.4 is 20.5 Å². The summed E-state index contributed by atoms with van der Waals surface area (Å²) in [6, 6.07) is 8.65. The number of carbonyl (C=O) groups is 1. The molecule has 0 radical (unpaired) electrons.